The van der Waals surface area contributed by atoms with E-state index in [0.29, 0.717) is 0 Å². The third-order valence-electron chi connectivity index (χ3n) is 1.78. The molecule has 0 saturated carbocycles. The second kappa shape index (κ2) is 3.77. The fourth-order valence-electron chi connectivity index (χ4n) is 0.919. The van der Waals surface area contributed by atoms with Crippen LogP contribution in [0.15, 0.2) is 18.2 Å². The van der Waals surface area contributed by atoms with Crippen LogP contribution in [-0.4, -0.2) is 6.61 Å². The summed E-state index contributed by atoms with van der Waals surface area (Å²) < 4.78 is 5.13. The predicted molar refractivity (Wildman–Crippen MR) is 47.0 cm³/mol. The van der Waals surface area contributed by atoms with Gasteiger partial charge in [0.25, 0.3) is 0 Å². The number of aryl methyl sites for hydroxylation is 2. The standard InChI is InChI=1S/C10H11NO/c1-8-3-4-10(7-9(8)2)12-6-5-11/h3-4,7H,6H2,1-2H3. The summed E-state index contributed by atoms with van der Waals surface area (Å²) in [6.45, 7) is 4.18. The van der Waals surface area contributed by atoms with Gasteiger partial charge in [0.15, 0.2) is 6.61 Å². The van der Waals surface area contributed by atoms with Crippen LogP contribution < -0.4 is 4.74 Å². The molecule has 0 aliphatic carbocycles. The van der Waals surface area contributed by atoms with E-state index in [9.17, 15) is 0 Å². The molecule has 1 rings (SSSR count). The maximum absolute atomic E-state index is 8.28. The second-order valence-corrected chi connectivity index (χ2v) is 2.69. The smallest absolute Gasteiger partial charge is 0.174 e. The highest BCUT2D eigenvalue weighted by atomic mass is 16.5. The molecule has 0 fully saturated rings. The largest absolute Gasteiger partial charge is 0.479 e. The first-order valence-electron chi connectivity index (χ1n) is 3.81. The number of ether oxygens (including phenoxy) is 1. The second-order valence-electron chi connectivity index (χ2n) is 2.69. The molecule has 0 aliphatic rings. The lowest BCUT2D eigenvalue weighted by molar-refractivity contribution is 0.368. The Morgan fingerprint density at radius 2 is 2.08 bits per heavy atom. The Morgan fingerprint density at radius 3 is 2.67 bits per heavy atom. The number of benzene rings is 1. The van der Waals surface area contributed by atoms with Crippen LogP contribution in [0.1, 0.15) is 11.1 Å². The van der Waals surface area contributed by atoms with Crippen LogP contribution in [-0.2, 0) is 0 Å². The van der Waals surface area contributed by atoms with Gasteiger partial charge in [-0.15, -0.1) is 0 Å². The topological polar surface area (TPSA) is 33.0 Å². The van der Waals surface area contributed by atoms with Crippen molar-refractivity contribution in [2.75, 3.05) is 6.61 Å². The molecule has 0 bridgehead atoms. The molecule has 0 N–H and O–H groups in total. The van der Waals surface area contributed by atoms with E-state index in [1.165, 1.54) is 11.1 Å². The number of nitriles is 1. The summed E-state index contributed by atoms with van der Waals surface area (Å²) in [5, 5.41) is 8.28. The van der Waals surface area contributed by atoms with Crippen molar-refractivity contribution in [3.63, 3.8) is 0 Å². The van der Waals surface area contributed by atoms with E-state index in [2.05, 4.69) is 0 Å². The Hall–Kier alpha value is -1.49. The van der Waals surface area contributed by atoms with Gasteiger partial charge in [-0.05, 0) is 37.1 Å². The summed E-state index contributed by atoms with van der Waals surface area (Å²) in [4.78, 5) is 0. The zero-order chi connectivity index (χ0) is 8.97. The van der Waals surface area contributed by atoms with Crippen molar-refractivity contribution in [2.24, 2.45) is 0 Å². The van der Waals surface area contributed by atoms with Gasteiger partial charge < -0.3 is 4.74 Å². The molecule has 0 aromatic heterocycles. The average Bonchev–Trinajstić information content (AvgIpc) is 2.07. The highest BCUT2D eigenvalue weighted by Gasteiger charge is 1.95. The van der Waals surface area contributed by atoms with E-state index in [-0.39, 0.29) is 6.61 Å². The van der Waals surface area contributed by atoms with Gasteiger partial charge in [0, 0.05) is 0 Å². The molecule has 0 aliphatic heterocycles. The monoisotopic (exact) mass is 161 g/mol. The van der Waals surface area contributed by atoms with Gasteiger partial charge in [0.05, 0.1) is 0 Å². The molecule has 2 nitrogen and oxygen atoms in total. The number of hydrogen-bond acceptors (Lipinski definition) is 2. The number of rotatable bonds is 2. The first kappa shape index (κ1) is 8.61. The van der Waals surface area contributed by atoms with E-state index in [0.717, 1.165) is 5.75 Å². The molecule has 2 heteroatoms. The highest BCUT2D eigenvalue weighted by molar-refractivity contribution is 5.33. The Morgan fingerprint density at radius 1 is 1.33 bits per heavy atom. The quantitative estimate of drug-likeness (QED) is 0.666. The van der Waals surface area contributed by atoms with Gasteiger partial charge in [-0.2, -0.15) is 5.26 Å². The lowest BCUT2D eigenvalue weighted by Gasteiger charge is -2.04. The van der Waals surface area contributed by atoms with Crippen LogP contribution in [0.4, 0.5) is 0 Å². The Bertz CT molecular complexity index is 312. The van der Waals surface area contributed by atoms with Crippen LogP contribution in [0, 0.1) is 25.2 Å². The minimum absolute atomic E-state index is 0.114. The number of nitrogens with zero attached hydrogens (tertiary/aromatic N) is 1. The van der Waals surface area contributed by atoms with Crippen molar-refractivity contribution < 1.29 is 4.74 Å². The van der Waals surface area contributed by atoms with Crippen molar-refractivity contribution in [1.29, 1.82) is 5.26 Å². The first-order chi connectivity index (χ1) is 5.74. The van der Waals surface area contributed by atoms with Crippen molar-refractivity contribution in [3.05, 3.63) is 29.3 Å². The van der Waals surface area contributed by atoms with Gasteiger partial charge in [-0.1, -0.05) is 6.07 Å². The van der Waals surface area contributed by atoms with Crippen molar-refractivity contribution in [3.8, 4) is 11.8 Å². The molecular weight excluding hydrogens is 150 g/mol. The summed E-state index contributed by atoms with van der Waals surface area (Å²) in [6, 6.07) is 7.73. The third kappa shape index (κ3) is 2.00. The molecule has 0 amide bonds. The lowest BCUT2D eigenvalue weighted by atomic mass is 10.1. The van der Waals surface area contributed by atoms with Gasteiger partial charge in [0.2, 0.25) is 0 Å². The molecule has 0 spiro atoms. The maximum Gasteiger partial charge on any atom is 0.174 e. The van der Waals surface area contributed by atoms with Crippen LogP contribution in [0.5, 0.6) is 5.75 Å². The Kier molecular flexibility index (Phi) is 2.71. The van der Waals surface area contributed by atoms with E-state index >= 15 is 0 Å². The van der Waals surface area contributed by atoms with E-state index < -0.39 is 0 Å². The molecule has 1 aromatic carbocycles. The molecule has 0 saturated heterocycles. The molecule has 0 heterocycles. The van der Waals surface area contributed by atoms with Crippen LogP contribution in [0.3, 0.4) is 0 Å². The average molecular weight is 161 g/mol. The van der Waals surface area contributed by atoms with E-state index in [4.69, 9.17) is 10.00 Å². The third-order valence-corrected chi connectivity index (χ3v) is 1.78. The zero-order valence-corrected chi connectivity index (χ0v) is 7.29. The van der Waals surface area contributed by atoms with Crippen molar-refractivity contribution in [2.45, 2.75) is 13.8 Å². The van der Waals surface area contributed by atoms with Crippen LogP contribution >= 0.6 is 0 Å². The fraction of sp³-hybridized carbons (Fsp3) is 0.300. The van der Waals surface area contributed by atoms with Crippen LogP contribution in [0.25, 0.3) is 0 Å². The van der Waals surface area contributed by atoms with Crippen LogP contribution in [0.2, 0.25) is 0 Å². The van der Waals surface area contributed by atoms with Crippen molar-refractivity contribution >= 4 is 0 Å². The minimum Gasteiger partial charge on any atom is -0.479 e. The molecule has 62 valence electrons. The van der Waals surface area contributed by atoms with Gasteiger partial charge in [-0.25, -0.2) is 0 Å². The first-order valence-corrected chi connectivity index (χ1v) is 3.81. The molecule has 0 atom stereocenters. The lowest BCUT2D eigenvalue weighted by Crippen LogP contribution is -1.93. The predicted octanol–water partition coefficient (Wildman–Crippen LogP) is 2.21. The van der Waals surface area contributed by atoms with E-state index in [1.807, 2.05) is 38.1 Å². The molecule has 0 unspecified atom stereocenters. The molecular formula is C10H11NO. The molecule has 12 heavy (non-hydrogen) atoms. The summed E-state index contributed by atoms with van der Waals surface area (Å²) in [5.41, 5.74) is 2.42. The van der Waals surface area contributed by atoms with Gasteiger partial charge >= 0.3 is 0 Å². The normalized spacial score (nSPS) is 9.08. The Labute approximate surface area is 72.4 Å². The van der Waals surface area contributed by atoms with Crippen molar-refractivity contribution in [1.82, 2.24) is 0 Å². The summed E-state index contributed by atoms with van der Waals surface area (Å²) >= 11 is 0. The number of hydrogen-bond donors (Lipinski definition) is 0. The van der Waals surface area contributed by atoms with E-state index in [1.54, 1.807) is 0 Å². The Balaban J connectivity index is 2.77. The van der Waals surface area contributed by atoms with Gasteiger partial charge in [-0.3, -0.25) is 0 Å². The molecule has 1 aromatic rings. The maximum atomic E-state index is 8.28. The minimum atomic E-state index is 0.114. The summed E-state index contributed by atoms with van der Waals surface area (Å²) in [5.74, 6) is 0.764. The van der Waals surface area contributed by atoms with Gasteiger partial charge in [0.1, 0.15) is 11.8 Å². The summed E-state index contributed by atoms with van der Waals surface area (Å²) in [6.07, 6.45) is 0. The zero-order valence-electron chi connectivity index (χ0n) is 7.29. The fourth-order valence-corrected chi connectivity index (χ4v) is 0.919. The highest BCUT2D eigenvalue weighted by Crippen LogP contribution is 2.15. The SMILES string of the molecule is Cc1ccc(OCC#N)cc1C. The summed E-state index contributed by atoms with van der Waals surface area (Å²) in [7, 11) is 0. The molecule has 0 radical (unpaired) electrons.